The van der Waals surface area contributed by atoms with Crippen LogP contribution in [0.3, 0.4) is 0 Å². The second-order valence-electron chi connectivity index (χ2n) is 4.25. The molecule has 0 aromatic heterocycles. The molecule has 0 atom stereocenters. The van der Waals surface area contributed by atoms with E-state index in [1.807, 2.05) is 18.2 Å². The summed E-state index contributed by atoms with van der Waals surface area (Å²) >= 11 is 0. The molecule has 0 unspecified atom stereocenters. The zero-order chi connectivity index (χ0) is 11.7. The number of hydrogen-bond acceptors (Lipinski definition) is 1. The fraction of sp³-hybridized carbons (Fsp3) is 0.125. The van der Waals surface area contributed by atoms with Crippen LogP contribution in [0, 0.1) is 0 Å². The van der Waals surface area contributed by atoms with Crippen LogP contribution in [-0.2, 0) is 0 Å². The zero-order valence-corrected chi connectivity index (χ0v) is 9.81. The van der Waals surface area contributed by atoms with Crippen molar-refractivity contribution in [3.8, 4) is 5.75 Å². The molecule has 2 aromatic rings. The van der Waals surface area contributed by atoms with Gasteiger partial charge in [0.2, 0.25) is 0 Å². The van der Waals surface area contributed by atoms with Gasteiger partial charge in [-0.1, -0.05) is 48.5 Å². The van der Waals surface area contributed by atoms with Gasteiger partial charge < -0.3 is 4.74 Å². The summed E-state index contributed by atoms with van der Waals surface area (Å²) in [6, 6.07) is 18.7. The Morgan fingerprint density at radius 3 is 2.41 bits per heavy atom. The largest absolute Gasteiger partial charge is 0.488 e. The Hall–Kier alpha value is -2.02. The van der Waals surface area contributed by atoms with E-state index in [0.717, 1.165) is 5.75 Å². The lowest BCUT2D eigenvalue weighted by atomic mass is 9.94. The van der Waals surface area contributed by atoms with Crippen molar-refractivity contribution in [2.45, 2.75) is 6.92 Å². The maximum Gasteiger partial charge on any atom is 0.127 e. The highest BCUT2D eigenvalue weighted by Gasteiger charge is 2.17. The van der Waals surface area contributed by atoms with Gasteiger partial charge in [0, 0.05) is 11.1 Å². The average Bonchev–Trinajstić information content (AvgIpc) is 2.40. The summed E-state index contributed by atoms with van der Waals surface area (Å²) in [4.78, 5) is 0. The van der Waals surface area contributed by atoms with Gasteiger partial charge in [-0.25, -0.2) is 0 Å². The van der Waals surface area contributed by atoms with Crippen molar-refractivity contribution in [3.05, 3.63) is 65.7 Å². The normalized spacial score (nSPS) is 14.2. The first-order chi connectivity index (χ1) is 8.36. The maximum atomic E-state index is 5.80. The highest BCUT2D eigenvalue weighted by molar-refractivity contribution is 5.93. The van der Waals surface area contributed by atoms with Crippen LogP contribution >= 0.6 is 0 Å². The van der Waals surface area contributed by atoms with Gasteiger partial charge in [0.05, 0.1) is 0 Å². The molecule has 0 fully saturated rings. The predicted molar refractivity (Wildman–Crippen MR) is 70.9 cm³/mol. The Balaban J connectivity index is 2.14. The maximum absolute atomic E-state index is 5.80. The van der Waals surface area contributed by atoms with Crippen molar-refractivity contribution in [2.24, 2.45) is 0 Å². The molecule has 0 N–H and O–H groups in total. The lowest BCUT2D eigenvalue weighted by Crippen LogP contribution is -2.09. The van der Waals surface area contributed by atoms with Gasteiger partial charge in [-0.05, 0) is 24.1 Å². The smallest absolute Gasteiger partial charge is 0.127 e. The molecule has 0 spiro atoms. The van der Waals surface area contributed by atoms with E-state index in [4.69, 9.17) is 4.74 Å². The number of para-hydroxylation sites is 1. The first kappa shape index (κ1) is 10.2. The van der Waals surface area contributed by atoms with E-state index in [0.29, 0.717) is 6.61 Å². The van der Waals surface area contributed by atoms with Crippen molar-refractivity contribution in [3.63, 3.8) is 0 Å². The average molecular weight is 222 g/mol. The minimum atomic E-state index is 0.660. The Labute approximate surface area is 101 Å². The summed E-state index contributed by atoms with van der Waals surface area (Å²) in [6.45, 7) is 2.83. The summed E-state index contributed by atoms with van der Waals surface area (Å²) in [5.74, 6) is 0.990. The van der Waals surface area contributed by atoms with E-state index >= 15 is 0 Å². The molecular formula is C16H14O. The van der Waals surface area contributed by atoms with E-state index in [-0.39, 0.29) is 0 Å². The molecule has 84 valence electrons. The van der Waals surface area contributed by atoms with Gasteiger partial charge in [-0.3, -0.25) is 0 Å². The fourth-order valence-electron chi connectivity index (χ4n) is 2.26. The van der Waals surface area contributed by atoms with Gasteiger partial charge in [0.25, 0.3) is 0 Å². The Morgan fingerprint density at radius 1 is 0.882 bits per heavy atom. The first-order valence-corrected chi connectivity index (χ1v) is 5.83. The van der Waals surface area contributed by atoms with Crippen LogP contribution in [-0.4, -0.2) is 6.61 Å². The van der Waals surface area contributed by atoms with Gasteiger partial charge in [0.15, 0.2) is 0 Å². The fourth-order valence-corrected chi connectivity index (χ4v) is 2.26. The summed E-state index contributed by atoms with van der Waals surface area (Å²) in [7, 11) is 0. The monoisotopic (exact) mass is 222 g/mol. The lowest BCUT2D eigenvalue weighted by Gasteiger charge is -2.22. The summed E-state index contributed by atoms with van der Waals surface area (Å²) in [5, 5.41) is 0. The topological polar surface area (TPSA) is 9.23 Å². The molecule has 1 aliphatic rings. The molecule has 1 aliphatic heterocycles. The Bertz CT molecular complexity index is 567. The number of ether oxygens (including phenoxy) is 1. The second-order valence-corrected chi connectivity index (χ2v) is 4.25. The SMILES string of the molecule is CC1=C(c2ccccc2)COc2ccccc21. The van der Waals surface area contributed by atoms with Crippen molar-refractivity contribution in [2.75, 3.05) is 6.61 Å². The van der Waals surface area contributed by atoms with Crippen molar-refractivity contribution in [1.82, 2.24) is 0 Å². The van der Waals surface area contributed by atoms with E-state index in [9.17, 15) is 0 Å². The van der Waals surface area contributed by atoms with Crippen molar-refractivity contribution < 1.29 is 4.74 Å². The molecule has 0 radical (unpaired) electrons. The van der Waals surface area contributed by atoms with E-state index in [1.54, 1.807) is 0 Å². The molecular weight excluding hydrogens is 208 g/mol. The van der Waals surface area contributed by atoms with Gasteiger partial charge in [-0.15, -0.1) is 0 Å². The van der Waals surface area contributed by atoms with Crippen molar-refractivity contribution in [1.29, 1.82) is 0 Å². The standard InChI is InChI=1S/C16H14O/c1-12-14-9-5-6-10-16(14)17-11-15(12)13-7-3-2-4-8-13/h2-10H,11H2,1H3. The minimum absolute atomic E-state index is 0.660. The predicted octanol–water partition coefficient (Wildman–Crippen LogP) is 4.01. The molecule has 1 heterocycles. The number of rotatable bonds is 1. The zero-order valence-electron chi connectivity index (χ0n) is 9.81. The Morgan fingerprint density at radius 2 is 1.59 bits per heavy atom. The third kappa shape index (κ3) is 1.74. The minimum Gasteiger partial charge on any atom is -0.488 e. The van der Waals surface area contributed by atoms with Crippen LogP contribution in [0.2, 0.25) is 0 Å². The Kier molecular flexibility index (Phi) is 2.45. The summed E-state index contributed by atoms with van der Waals surface area (Å²) < 4.78 is 5.80. The van der Waals surface area contributed by atoms with Crippen LogP contribution in [0.1, 0.15) is 18.1 Å². The molecule has 0 saturated carbocycles. The molecule has 0 bridgehead atoms. The summed E-state index contributed by atoms with van der Waals surface area (Å²) in [6.07, 6.45) is 0. The third-order valence-electron chi connectivity index (χ3n) is 3.24. The van der Waals surface area contributed by atoms with Gasteiger partial charge >= 0.3 is 0 Å². The van der Waals surface area contributed by atoms with Crippen LogP contribution in [0.15, 0.2) is 54.6 Å². The first-order valence-electron chi connectivity index (χ1n) is 5.83. The van der Waals surface area contributed by atoms with Crippen LogP contribution in [0.25, 0.3) is 11.1 Å². The van der Waals surface area contributed by atoms with Crippen LogP contribution in [0.5, 0.6) is 5.75 Å². The van der Waals surface area contributed by atoms with Crippen molar-refractivity contribution >= 4 is 11.1 Å². The van der Waals surface area contributed by atoms with Gasteiger partial charge in [0.1, 0.15) is 12.4 Å². The summed E-state index contributed by atoms with van der Waals surface area (Å²) in [5.41, 5.74) is 5.06. The van der Waals surface area contributed by atoms with Crippen LogP contribution in [0.4, 0.5) is 0 Å². The van der Waals surface area contributed by atoms with E-state index < -0.39 is 0 Å². The number of fused-ring (bicyclic) bond motifs is 1. The third-order valence-corrected chi connectivity index (χ3v) is 3.24. The van der Waals surface area contributed by atoms with E-state index in [2.05, 4.69) is 43.3 Å². The molecule has 3 rings (SSSR count). The molecule has 17 heavy (non-hydrogen) atoms. The molecule has 0 amide bonds. The quantitative estimate of drug-likeness (QED) is 0.708. The lowest BCUT2D eigenvalue weighted by molar-refractivity contribution is 0.364. The number of allylic oxidation sites excluding steroid dienone is 1. The highest BCUT2D eigenvalue weighted by Crippen LogP contribution is 2.36. The molecule has 2 aromatic carbocycles. The van der Waals surface area contributed by atoms with Gasteiger partial charge in [-0.2, -0.15) is 0 Å². The number of benzene rings is 2. The molecule has 0 aliphatic carbocycles. The molecule has 1 nitrogen and oxygen atoms in total. The van der Waals surface area contributed by atoms with Crippen LogP contribution < -0.4 is 4.74 Å². The second kappa shape index (κ2) is 4.10. The highest BCUT2D eigenvalue weighted by atomic mass is 16.5. The number of hydrogen-bond donors (Lipinski definition) is 0. The molecule has 0 saturated heterocycles. The molecule has 1 heteroatoms. The van der Waals surface area contributed by atoms with E-state index in [1.165, 1.54) is 22.3 Å².